The Balaban J connectivity index is 1.93. The van der Waals surface area contributed by atoms with Crippen LogP contribution < -0.4 is 14.4 Å². The maximum absolute atomic E-state index is 13.5. The maximum atomic E-state index is 13.5. The molecule has 1 N–H and O–H groups in total. The minimum atomic E-state index is -0.804. The lowest BCUT2D eigenvalue weighted by atomic mass is 9.85. The highest BCUT2D eigenvalue weighted by molar-refractivity contribution is 6.51. The predicted octanol–water partition coefficient (Wildman–Crippen LogP) is 6.75. The number of benzene rings is 3. The Bertz CT molecular complexity index is 1380. The molecule has 1 fully saturated rings. The fraction of sp³-hybridized carbons (Fsp3) is 0.312. The summed E-state index contributed by atoms with van der Waals surface area (Å²) in [5, 5.41) is 11.6. The summed E-state index contributed by atoms with van der Waals surface area (Å²) < 4.78 is 10.8. The maximum Gasteiger partial charge on any atom is 0.300 e. The first-order valence-electron chi connectivity index (χ1n) is 12.7. The molecule has 1 aliphatic rings. The largest absolute Gasteiger partial charge is 0.507 e. The first-order chi connectivity index (χ1) is 18.0. The zero-order chi connectivity index (χ0) is 27.8. The fourth-order valence-corrected chi connectivity index (χ4v) is 4.81. The van der Waals surface area contributed by atoms with E-state index in [1.54, 1.807) is 50.6 Å². The van der Waals surface area contributed by atoms with Crippen molar-refractivity contribution in [1.29, 1.82) is 0 Å². The van der Waals surface area contributed by atoms with Gasteiger partial charge >= 0.3 is 0 Å². The van der Waals surface area contributed by atoms with Crippen molar-refractivity contribution >= 4 is 23.1 Å². The van der Waals surface area contributed by atoms with Gasteiger partial charge in [-0.15, -0.1) is 0 Å². The first kappa shape index (κ1) is 27.0. The van der Waals surface area contributed by atoms with E-state index in [0.29, 0.717) is 22.7 Å². The summed E-state index contributed by atoms with van der Waals surface area (Å²) in [6.07, 6.45) is 0. The van der Waals surface area contributed by atoms with Crippen LogP contribution in [-0.4, -0.2) is 31.0 Å². The third-order valence-electron chi connectivity index (χ3n) is 7.01. The highest BCUT2D eigenvalue weighted by atomic mass is 16.5. The van der Waals surface area contributed by atoms with Gasteiger partial charge in [0.25, 0.3) is 11.7 Å². The molecule has 3 aromatic carbocycles. The van der Waals surface area contributed by atoms with Crippen LogP contribution in [0.3, 0.4) is 0 Å². The molecule has 1 unspecified atom stereocenters. The van der Waals surface area contributed by atoms with Gasteiger partial charge in [-0.1, -0.05) is 58.9 Å². The molecule has 198 valence electrons. The van der Waals surface area contributed by atoms with Crippen LogP contribution in [0.1, 0.15) is 68.8 Å². The highest BCUT2D eigenvalue weighted by Gasteiger charge is 2.47. The number of aliphatic hydroxyl groups is 1. The topological polar surface area (TPSA) is 76.1 Å². The number of carbonyl (C=O) groups excluding carboxylic acids is 2. The number of ketones is 1. The molecule has 6 nitrogen and oxygen atoms in total. The molecular formula is C32H35NO5. The molecule has 38 heavy (non-hydrogen) atoms. The quantitative estimate of drug-likeness (QED) is 0.224. The molecule has 0 spiro atoms. The third-order valence-corrected chi connectivity index (χ3v) is 7.01. The molecule has 3 aromatic rings. The van der Waals surface area contributed by atoms with Gasteiger partial charge in [-0.25, -0.2) is 0 Å². The Morgan fingerprint density at radius 1 is 0.895 bits per heavy atom. The van der Waals surface area contributed by atoms with Crippen molar-refractivity contribution in [2.45, 2.75) is 52.0 Å². The van der Waals surface area contributed by atoms with E-state index in [0.717, 1.165) is 16.7 Å². The fourth-order valence-electron chi connectivity index (χ4n) is 4.81. The second kappa shape index (κ2) is 10.4. The first-order valence-corrected chi connectivity index (χ1v) is 12.7. The van der Waals surface area contributed by atoms with Gasteiger partial charge in [0.1, 0.15) is 17.3 Å². The van der Waals surface area contributed by atoms with Crippen LogP contribution in [-0.2, 0) is 15.0 Å². The number of rotatable bonds is 6. The van der Waals surface area contributed by atoms with Crippen LogP contribution in [0.15, 0.2) is 72.3 Å². The van der Waals surface area contributed by atoms with Crippen LogP contribution in [0.4, 0.5) is 5.69 Å². The minimum Gasteiger partial charge on any atom is -0.507 e. The number of hydrogen-bond acceptors (Lipinski definition) is 5. The summed E-state index contributed by atoms with van der Waals surface area (Å²) in [5.74, 6) is -0.182. The summed E-state index contributed by atoms with van der Waals surface area (Å²) in [5.41, 5.74) is 3.73. The lowest BCUT2D eigenvalue weighted by Crippen LogP contribution is -2.29. The van der Waals surface area contributed by atoms with Crippen molar-refractivity contribution in [3.05, 3.63) is 94.6 Å². The third kappa shape index (κ3) is 4.91. The Morgan fingerprint density at radius 3 is 2.05 bits per heavy atom. The van der Waals surface area contributed by atoms with Crippen molar-refractivity contribution in [3.8, 4) is 11.5 Å². The lowest BCUT2D eigenvalue weighted by molar-refractivity contribution is -0.132. The van der Waals surface area contributed by atoms with Gasteiger partial charge < -0.3 is 14.6 Å². The Labute approximate surface area is 224 Å². The van der Waals surface area contributed by atoms with Crippen molar-refractivity contribution in [2.24, 2.45) is 0 Å². The van der Waals surface area contributed by atoms with Gasteiger partial charge in [0, 0.05) is 11.3 Å². The van der Waals surface area contributed by atoms with Crippen LogP contribution in [0.25, 0.3) is 5.76 Å². The minimum absolute atomic E-state index is 0.0502. The van der Waals surface area contributed by atoms with Crippen molar-refractivity contribution in [1.82, 2.24) is 0 Å². The van der Waals surface area contributed by atoms with E-state index in [9.17, 15) is 14.7 Å². The van der Waals surface area contributed by atoms with Crippen molar-refractivity contribution < 1.29 is 24.2 Å². The second-order valence-electron chi connectivity index (χ2n) is 10.9. The van der Waals surface area contributed by atoms with Gasteiger partial charge in [0.2, 0.25) is 0 Å². The van der Waals surface area contributed by atoms with Crippen LogP contribution >= 0.6 is 0 Å². The molecule has 1 saturated heterocycles. The van der Waals surface area contributed by atoms with E-state index in [4.69, 9.17) is 9.47 Å². The van der Waals surface area contributed by atoms with E-state index < -0.39 is 17.7 Å². The summed E-state index contributed by atoms with van der Waals surface area (Å²) in [6.45, 7) is 10.4. The molecule has 1 amide bonds. The number of anilines is 1. The Kier molecular flexibility index (Phi) is 7.36. The average molecular weight is 514 g/mol. The number of hydrogen-bond donors (Lipinski definition) is 1. The number of amides is 1. The molecule has 0 bridgehead atoms. The molecule has 4 rings (SSSR count). The lowest BCUT2D eigenvalue weighted by Gasteiger charge is -2.27. The van der Waals surface area contributed by atoms with E-state index in [2.05, 4.69) is 20.8 Å². The summed E-state index contributed by atoms with van der Waals surface area (Å²) >= 11 is 0. The molecular weight excluding hydrogens is 478 g/mol. The summed E-state index contributed by atoms with van der Waals surface area (Å²) in [6, 6.07) is 19.3. The van der Waals surface area contributed by atoms with E-state index >= 15 is 0 Å². The molecule has 1 heterocycles. The van der Waals surface area contributed by atoms with E-state index in [1.807, 2.05) is 44.2 Å². The highest BCUT2D eigenvalue weighted by Crippen LogP contribution is 2.43. The zero-order valence-corrected chi connectivity index (χ0v) is 23.0. The monoisotopic (exact) mass is 513 g/mol. The predicted molar refractivity (Wildman–Crippen MR) is 150 cm³/mol. The van der Waals surface area contributed by atoms with Gasteiger partial charge in [0.05, 0.1) is 25.8 Å². The van der Waals surface area contributed by atoms with Gasteiger partial charge in [-0.2, -0.15) is 0 Å². The number of ether oxygens (including phenoxy) is 2. The normalized spacial score (nSPS) is 17.3. The molecule has 0 aromatic heterocycles. The average Bonchev–Trinajstić information content (AvgIpc) is 3.17. The summed E-state index contributed by atoms with van der Waals surface area (Å²) in [7, 11) is 3.17. The second-order valence-corrected chi connectivity index (χ2v) is 10.9. The van der Waals surface area contributed by atoms with Crippen molar-refractivity contribution in [3.63, 3.8) is 0 Å². The number of carbonyl (C=O) groups is 2. The van der Waals surface area contributed by atoms with Crippen LogP contribution in [0.2, 0.25) is 0 Å². The molecule has 0 aliphatic carbocycles. The summed E-state index contributed by atoms with van der Waals surface area (Å²) in [4.78, 5) is 28.4. The number of aliphatic hydroxyl groups excluding tert-OH is 1. The van der Waals surface area contributed by atoms with Crippen LogP contribution in [0.5, 0.6) is 11.5 Å². The zero-order valence-electron chi connectivity index (χ0n) is 23.0. The Morgan fingerprint density at radius 2 is 1.53 bits per heavy atom. The van der Waals surface area contributed by atoms with Crippen LogP contribution in [0, 0.1) is 0 Å². The van der Waals surface area contributed by atoms with E-state index in [-0.39, 0.29) is 22.7 Å². The molecule has 1 aliphatic heterocycles. The van der Waals surface area contributed by atoms with Crippen molar-refractivity contribution in [2.75, 3.05) is 19.1 Å². The van der Waals surface area contributed by atoms with E-state index in [1.165, 1.54) is 4.90 Å². The van der Waals surface area contributed by atoms with Gasteiger partial charge in [-0.05, 0) is 70.5 Å². The number of methoxy groups -OCH3 is 2. The van der Waals surface area contributed by atoms with Gasteiger partial charge in [0.15, 0.2) is 0 Å². The van der Waals surface area contributed by atoms with Gasteiger partial charge in [-0.3, -0.25) is 14.5 Å². The Hall–Kier alpha value is -4.06. The molecule has 6 heteroatoms. The smallest absolute Gasteiger partial charge is 0.300 e. The SMILES string of the molecule is COc1ccc(N2C(=O)C(=O)/C(=C(\O)c3ccc(OC)c(C(C)C)c3)C2c2ccc(C(C)(C)C)cc2)cc1. The number of nitrogens with zero attached hydrogens (tertiary/aromatic N) is 1. The molecule has 0 saturated carbocycles. The molecule has 0 radical (unpaired) electrons. The molecule has 1 atom stereocenters. The standard InChI is InChI=1S/C32H35NO5/c1-19(2)25-18-21(10-17-26(25)38-7)29(34)27-28(20-8-11-22(12-9-20)32(3,4)5)33(31(36)30(27)35)23-13-15-24(37-6)16-14-23/h8-19,28,34H,1-7H3/b29-27-. The number of Topliss-reactive ketones (excluding diaryl/α,β-unsaturated/α-hetero) is 1.